The summed E-state index contributed by atoms with van der Waals surface area (Å²) in [5, 5.41) is 12.0. The normalized spacial score (nSPS) is 19.6. The average molecular weight is 269 g/mol. The molecule has 0 aromatic carbocycles. The van der Waals surface area contributed by atoms with Gasteiger partial charge in [0, 0.05) is 11.4 Å². The summed E-state index contributed by atoms with van der Waals surface area (Å²) in [5.74, 6) is 0. The number of aliphatic hydroxyl groups is 1. The first-order chi connectivity index (χ1) is 8.84. The van der Waals surface area contributed by atoms with E-state index >= 15 is 0 Å². The van der Waals surface area contributed by atoms with Crippen LogP contribution in [0, 0.1) is 0 Å². The standard InChI is InChI=1S/C14H23NO2S/c16-13(10-15-7-3-1-2-4-8-15)11-17-12-14-6-5-9-18-14/h5-6,9,13,16H,1-4,7-8,10-12H2/t13-/m0/s1. The number of hydrogen-bond donors (Lipinski definition) is 1. The molecule has 1 N–H and O–H groups in total. The molecule has 2 rings (SSSR count). The second kappa shape index (κ2) is 7.89. The zero-order chi connectivity index (χ0) is 12.6. The highest BCUT2D eigenvalue weighted by molar-refractivity contribution is 7.09. The van der Waals surface area contributed by atoms with Crippen LogP contribution in [0.25, 0.3) is 0 Å². The Balaban J connectivity index is 1.60. The van der Waals surface area contributed by atoms with E-state index in [1.807, 2.05) is 11.4 Å². The molecular formula is C14H23NO2S. The minimum Gasteiger partial charge on any atom is -0.389 e. The van der Waals surface area contributed by atoms with Crippen LogP contribution in [0.15, 0.2) is 17.5 Å². The van der Waals surface area contributed by atoms with E-state index in [1.54, 1.807) is 11.3 Å². The monoisotopic (exact) mass is 269 g/mol. The molecule has 0 aliphatic carbocycles. The van der Waals surface area contributed by atoms with Crippen LogP contribution in [-0.2, 0) is 11.3 Å². The van der Waals surface area contributed by atoms with Crippen LogP contribution in [-0.4, -0.2) is 42.4 Å². The second-order valence-electron chi connectivity index (χ2n) is 4.96. The third-order valence-electron chi connectivity index (χ3n) is 3.30. The van der Waals surface area contributed by atoms with Gasteiger partial charge in [-0.1, -0.05) is 18.9 Å². The van der Waals surface area contributed by atoms with Gasteiger partial charge in [0.05, 0.1) is 19.3 Å². The summed E-state index contributed by atoms with van der Waals surface area (Å²) in [6.07, 6.45) is 4.84. The van der Waals surface area contributed by atoms with Crippen LogP contribution in [0.3, 0.4) is 0 Å². The van der Waals surface area contributed by atoms with Gasteiger partial charge in [0.1, 0.15) is 0 Å². The van der Waals surface area contributed by atoms with Crippen LogP contribution in [0.4, 0.5) is 0 Å². The largest absolute Gasteiger partial charge is 0.389 e. The quantitative estimate of drug-likeness (QED) is 0.861. The summed E-state index contributed by atoms with van der Waals surface area (Å²) < 4.78 is 5.55. The first-order valence-corrected chi connectivity index (χ1v) is 7.73. The van der Waals surface area contributed by atoms with Crippen molar-refractivity contribution in [2.45, 2.75) is 38.4 Å². The summed E-state index contributed by atoms with van der Waals surface area (Å²) in [7, 11) is 0. The number of ether oxygens (including phenoxy) is 1. The van der Waals surface area contributed by atoms with Gasteiger partial charge in [-0.3, -0.25) is 0 Å². The molecular weight excluding hydrogens is 246 g/mol. The minimum atomic E-state index is -0.358. The van der Waals surface area contributed by atoms with Gasteiger partial charge in [0.25, 0.3) is 0 Å². The highest BCUT2D eigenvalue weighted by atomic mass is 32.1. The lowest BCUT2D eigenvalue weighted by Gasteiger charge is -2.22. The molecule has 1 aliphatic rings. The van der Waals surface area contributed by atoms with Crippen LogP contribution in [0.2, 0.25) is 0 Å². The number of hydrogen-bond acceptors (Lipinski definition) is 4. The summed E-state index contributed by atoms with van der Waals surface area (Å²) in [6, 6.07) is 4.09. The Kier molecular flexibility index (Phi) is 6.14. The van der Waals surface area contributed by atoms with Crippen molar-refractivity contribution in [2.24, 2.45) is 0 Å². The topological polar surface area (TPSA) is 32.7 Å². The van der Waals surface area contributed by atoms with Crippen molar-refractivity contribution in [3.8, 4) is 0 Å². The lowest BCUT2D eigenvalue weighted by molar-refractivity contribution is 0.0112. The van der Waals surface area contributed by atoms with Crippen LogP contribution >= 0.6 is 11.3 Å². The predicted molar refractivity (Wildman–Crippen MR) is 74.9 cm³/mol. The summed E-state index contributed by atoms with van der Waals surface area (Å²) >= 11 is 1.70. The Labute approximate surface area is 113 Å². The van der Waals surface area contributed by atoms with Crippen molar-refractivity contribution in [2.75, 3.05) is 26.2 Å². The molecule has 18 heavy (non-hydrogen) atoms. The molecule has 0 unspecified atom stereocenters. The zero-order valence-electron chi connectivity index (χ0n) is 10.9. The molecule has 102 valence electrons. The summed E-state index contributed by atoms with van der Waals surface area (Å²) in [4.78, 5) is 3.59. The number of β-amino-alcohol motifs (C(OH)–C–C–N with tert-alkyl or cyclic N) is 1. The van der Waals surface area contributed by atoms with Gasteiger partial charge in [-0.25, -0.2) is 0 Å². The van der Waals surface area contributed by atoms with E-state index in [9.17, 15) is 5.11 Å². The first kappa shape index (κ1) is 14.0. The molecule has 1 aromatic heterocycles. The summed E-state index contributed by atoms with van der Waals surface area (Å²) in [6.45, 7) is 4.07. The zero-order valence-corrected chi connectivity index (χ0v) is 11.7. The van der Waals surface area contributed by atoms with Gasteiger partial charge in [0.2, 0.25) is 0 Å². The molecule has 0 bridgehead atoms. The number of aliphatic hydroxyl groups excluding tert-OH is 1. The van der Waals surface area contributed by atoms with E-state index in [1.165, 1.54) is 30.6 Å². The maximum Gasteiger partial charge on any atom is 0.0900 e. The van der Waals surface area contributed by atoms with E-state index in [4.69, 9.17) is 4.74 Å². The van der Waals surface area contributed by atoms with Gasteiger partial charge in [-0.05, 0) is 37.4 Å². The minimum absolute atomic E-state index is 0.358. The smallest absolute Gasteiger partial charge is 0.0900 e. The van der Waals surface area contributed by atoms with Crippen molar-refractivity contribution < 1.29 is 9.84 Å². The number of thiophene rings is 1. The molecule has 1 saturated heterocycles. The molecule has 0 saturated carbocycles. The van der Waals surface area contributed by atoms with Crippen molar-refractivity contribution >= 4 is 11.3 Å². The predicted octanol–water partition coefficient (Wildman–Crippen LogP) is 2.50. The average Bonchev–Trinajstić information content (AvgIpc) is 2.74. The Morgan fingerprint density at radius 1 is 1.28 bits per heavy atom. The van der Waals surface area contributed by atoms with E-state index in [0.717, 1.165) is 19.6 Å². The molecule has 0 spiro atoms. The maximum absolute atomic E-state index is 9.96. The Bertz CT molecular complexity index is 308. The molecule has 4 heteroatoms. The number of nitrogens with zero attached hydrogens (tertiary/aromatic N) is 1. The molecule has 0 radical (unpaired) electrons. The van der Waals surface area contributed by atoms with Gasteiger partial charge in [-0.2, -0.15) is 0 Å². The highest BCUT2D eigenvalue weighted by Crippen LogP contribution is 2.11. The first-order valence-electron chi connectivity index (χ1n) is 6.85. The maximum atomic E-state index is 9.96. The molecule has 1 fully saturated rings. The van der Waals surface area contributed by atoms with Crippen molar-refractivity contribution in [3.63, 3.8) is 0 Å². The van der Waals surface area contributed by atoms with Crippen LogP contribution < -0.4 is 0 Å². The SMILES string of the molecule is O[C@H](COCc1cccs1)CN1CCCCCC1. The van der Waals surface area contributed by atoms with Gasteiger partial charge in [-0.15, -0.1) is 11.3 Å². The van der Waals surface area contributed by atoms with Gasteiger partial charge >= 0.3 is 0 Å². The second-order valence-corrected chi connectivity index (χ2v) is 6.00. The number of likely N-dealkylation sites (tertiary alicyclic amines) is 1. The summed E-state index contributed by atoms with van der Waals surface area (Å²) in [5.41, 5.74) is 0. The molecule has 3 nitrogen and oxygen atoms in total. The van der Waals surface area contributed by atoms with E-state index < -0.39 is 0 Å². The third-order valence-corrected chi connectivity index (χ3v) is 4.15. The third kappa shape index (κ3) is 5.06. The lowest BCUT2D eigenvalue weighted by atomic mass is 10.2. The Morgan fingerprint density at radius 2 is 2.06 bits per heavy atom. The van der Waals surface area contributed by atoms with Crippen molar-refractivity contribution in [1.82, 2.24) is 4.90 Å². The Hall–Kier alpha value is -0.420. The molecule has 1 atom stereocenters. The molecule has 2 heterocycles. The van der Waals surface area contributed by atoms with Crippen molar-refractivity contribution in [3.05, 3.63) is 22.4 Å². The molecule has 1 aromatic rings. The van der Waals surface area contributed by atoms with Gasteiger partial charge < -0.3 is 14.7 Å². The fourth-order valence-corrected chi connectivity index (χ4v) is 3.00. The van der Waals surface area contributed by atoms with Gasteiger partial charge in [0.15, 0.2) is 0 Å². The van der Waals surface area contributed by atoms with Crippen LogP contribution in [0.5, 0.6) is 0 Å². The highest BCUT2D eigenvalue weighted by Gasteiger charge is 2.13. The van der Waals surface area contributed by atoms with E-state index in [0.29, 0.717) is 13.2 Å². The Morgan fingerprint density at radius 3 is 2.72 bits per heavy atom. The lowest BCUT2D eigenvalue weighted by Crippen LogP contribution is -2.35. The molecule has 0 amide bonds. The van der Waals surface area contributed by atoms with Crippen LogP contribution in [0.1, 0.15) is 30.6 Å². The fourth-order valence-electron chi connectivity index (χ4n) is 2.36. The molecule has 1 aliphatic heterocycles. The number of rotatable bonds is 6. The van der Waals surface area contributed by atoms with Crippen molar-refractivity contribution in [1.29, 1.82) is 0 Å². The fraction of sp³-hybridized carbons (Fsp3) is 0.714. The van der Waals surface area contributed by atoms with E-state index in [2.05, 4.69) is 11.0 Å². The van der Waals surface area contributed by atoms with E-state index in [-0.39, 0.29) is 6.10 Å².